The quantitative estimate of drug-likeness (QED) is 0.613. The number of fused-ring (bicyclic) bond motifs is 2. The van der Waals surface area contributed by atoms with Crippen molar-refractivity contribution in [2.75, 3.05) is 19.6 Å². The van der Waals surface area contributed by atoms with E-state index in [1.54, 1.807) is 12.1 Å². The lowest BCUT2D eigenvalue weighted by atomic mass is 10.1. The predicted molar refractivity (Wildman–Crippen MR) is 115 cm³/mol. The molecule has 3 heterocycles. The fraction of sp³-hybridized carbons (Fsp3) is 0.350. The Hall–Kier alpha value is -2.03. The second kappa shape index (κ2) is 8.55. The topological polar surface area (TPSA) is 67.2 Å². The molecule has 146 valence electrons. The van der Waals surface area contributed by atoms with Gasteiger partial charge < -0.3 is 5.32 Å². The van der Waals surface area contributed by atoms with Gasteiger partial charge in [0.2, 0.25) is 5.91 Å². The number of halogens is 1. The van der Waals surface area contributed by atoms with Gasteiger partial charge in [-0.05, 0) is 41.6 Å². The largest absolute Gasteiger partial charge is 0.355 e. The number of carbonyl (C=O) groups excluding carboxylic acids is 1. The number of hydrogen-bond donors (Lipinski definition) is 1. The minimum Gasteiger partial charge on any atom is -0.355 e. The molecule has 1 aromatic carbocycles. The lowest BCUT2D eigenvalue weighted by molar-refractivity contribution is -0.121. The normalized spacial score (nSPS) is 14.2. The molecule has 2 aromatic heterocycles. The Kier molecular flexibility index (Phi) is 5.89. The van der Waals surface area contributed by atoms with E-state index in [2.05, 4.69) is 42.6 Å². The van der Waals surface area contributed by atoms with Gasteiger partial charge in [0, 0.05) is 48.5 Å². The number of nitrogens with one attached hydrogen (secondary N) is 1. The Labute approximate surface area is 175 Å². The van der Waals surface area contributed by atoms with E-state index in [1.807, 2.05) is 17.4 Å². The van der Waals surface area contributed by atoms with E-state index >= 15 is 0 Å². The molecule has 1 aliphatic heterocycles. The van der Waals surface area contributed by atoms with E-state index < -0.39 is 0 Å². The number of carbonyl (C=O) groups is 1. The zero-order valence-electron chi connectivity index (χ0n) is 15.4. The van der Waals surface area contributed by atoms with Crippen molar-refractivity contribution in [2.45, 2.75) is 25.9 Å². The lowest BCUT2D eigenvalue weighted by Crippen LogP contribution is -2.37. The summed E-state index contributed by atoms with van der Waals surface area (Å²) in [6.07, 6.45) is 2.86. The summed E-state index contributed by atoms with van der Waals surface area (Å²) in [6, 6.07) is 7.61. The van der Waals surface area contributed by atoms with E-state index in [0.29, 0.717) is 24.0 Å². The molecule has 0 aliphatic carbocycles. The Morgan fingerprint density at radius 2 is 2.18 bits per heavy atom. The number of rotatable bonds is 6. The maximum absolute atomic E-state index is 12.6. The molecule has 8 heteroatoms. The molecule has 28 heavy (non-hydrogen) atoms. The monoisotopic (exact) mass is 460 g/mol. The maximum Gasteiger partial charge on any atom is 0.261 e. The molecule has 0 unspecified atom stereocenters. The van der Waals surface area contributed by atoms with Gasteiger partial charge in [-0.25, -0.2) is 4.98 Å². The summed E-state index contributed by atoms with van der Waals surface area (Å²) in [5.74, 6) is -0.0468. The highest BCUT2D eigenvalue weighted by Crippen LogP contribution is 2.23. The van der Waals surface area contributed by atoms with Crippen LogP contribution >= 0.6 is 27.3 Å². The van der Waals surface area contributed by atoms with Crippen molar-refractivity contribution in [1.82, 2.24) is 19.8 Å². The van der Waals surface area contributed by atoms with Crippen molar-refractivity contribution < 1.29 is 4.79 Å². The number of aryl methyl sites for hydroxylation is 1. The van der Waals surface area contributed by atoms with Gasteiger partial charge in [0.05, 0.1) is 17.2 Å². The standard InChI is InChI=1S/C20H21BrN4O2S/c21-15-1-2-17-16(11-15)20(27)25(13-23-17)8-4-19(26)22-6-9-24-7-3-18-14(12-24)5-10-28-18/h1-2,5,10-11,13H,3-4,6-9,12H2,(H,22,26). The van der Waals surface area contributed by atoms with Gasteiger partial charge in [0.1, 0.15) is 0 Å². The van der Waals surface area contributed by atoms with Crippen molar-refractivity contribution in [3.8, 4) is 0 Å². The van der Waals surface area contributed by atoms with Crippen LogP contribution in [0.5, 0.6) is 0 Å². The molecule has 0 fully saturated rings. The second-order valence-electron chi connectivity index (χ2n) is 6.90. The van der Waals surface area contributed by atoms with Crippen LogP contribution in [0.15, 0.2) is 45.2 Å². The molecule has 0 saturated heterocycles. The van der Waals surface area contributed by atoms with Crippen LogP contribution in [0, 0.1) is 0 Å². The van der Waals surface area contributed by atoms with Gasteiger partial charge in [-0.3, -0.25) is 19.1 Å². The van der Waals surface area contributed by atoms with Crippen LogP contribution in [0.3, 0.4) is 0 Å². The van der Waals surface area contributed by atoms with Gasteiger partial charge in [0.25, 0.3) is 5.56 Å². The van der Waals surface area contributed by atoms with Gasteiger partial charge in [-0.2, -0.15) is 0 Å². The van der Waals surface area contributed by atoms with Crippen LogP contribution in [-0.2, 0) is 24.3 Å². The second-order valence-corrected chi connectivity index (χ2v) is 8.82. The Morgan fingerprint density at radius 3 is 3.07 bits per heavy atom. The first kappa shape index (κ1) is 19.3. The SMILES string of the molecule is O=C(CCn1cnc2ccc(Br)cc2c1=O)NCCN1CCc2sccc2C1. The predicted octanol–water partition coefficient (Wildman–Crippen LogP) is 2.79. The van der Waals surface area contributed by atoms with Crippen molar-refractivity contribution in [2.24, 2.45) is 0 Å². The van der Waals surface area contributed by atoms with E-state index in [-0.39, 0.29) is 17.9 Å². The van der Waals surface area contributed by atoms with Crippen LogP contribution < -0.4 is 10.9 Å². The molecular formula is C20H21BrN4O2S. The summed E-state index contributed by atoms with van der Waals surface area (Å²) >= 11 is 5.21. The fourth-order valence-corrected chi connectivity index (χ4v) is 4.70. The Morgan fingerprint density at radius 1 is 1.29 bits per heavy atom. The number of benzene rings is 1. The molecule has 1 aliphatic rings. The van der Waals surface area contributed by atoms with Crippen LogP contribution in [0.1, 0.15) is 16.9 Å². The number of hydrogen-bond acceptors (Lipinski definition) is 5. The summed E-state index contributed by atoms with van der Waals surface area (Å²) in [4.78, 5) is 32.9. The minimum absolute atomic E-state index is 0.0468. The molecule has 0 radical (unpaired) electrons. The number of amides is 1. The third-order valence-electron chi connectivity index (χ3n) is 5.00. The molecule has 0 saturated carbocycles. The highest BCUT2D eigenvalue weighted by atomic mass is 79.9. The van der Waals surface area contributed by atoms with Crippen molar-refractivity contribution in [1.29, 1.82) is 0 Å². The number of aromatic nitrogens is 2. The summed E-state index contributed by atoms with van der Waals surface area (Å²) in [5.41, 5.74) is 1.94. The Bertz CT molecular complexity index is 1060. The molecular weight excluding hydrogens is 440 g/mol. The molecule has 1 N–H and O–H groups in total. The summed E-state index contributed by atoms with van der Waals surface area (Å²) < 4.78 is 2.33. The molecule has 0 spiro atoms. The van der Waals surface area contributed by atoms with Gasteiger partial charge in [-0.1, -0.05) is 15.9 Å². The van der Waals surface area contributed by atoms with Crippen LogP contribution in [-0.4, -0.2) is 40.0 Å². The number of nitrogens with zero attached hydrogens (tertiary/aromatic N) is 3. The highest BCUT2D eigenvalue weighted by molar-refractivity contribution is 9.10. The van der Waals surface area contributed by atoms with E-state index in [9.17, 15) is 9.59 Å². The third kappa shape index (κ3) is 4.34. The van der Waals surface area contributed by atoms with Crippen LogP contribution in [0.4, 0.5) is 0 Å². The van der Waals surface area contributed by atoms with Crippen molar-refractivity contribution in [3.05, 3.63) is 61.2 Å². The smallest absolute Gasteiger partial charge is 0.261 e. The van der Waals surface area contributed by atoms with Gasteiger partial charge >= 0.3 is 0 Å². The zero-order valence-corrected chi connectivity index (χ0v) is 17.8. The first-order valence-corrected chi connectivity index (χ1v) is 11.0. The van der Waals surface area contributed by atoms with Crippen LogP contribution in [0.25, 0.3) is 10.9 Å². The van der Waals surface area contributed by atoms with E-state index in [0.717, 1.165) is 30.5 Å². The molecule has 1 amide bonds. The molecule has 3 aromatic rings. The maximum atomic E-state index is 12.6. The highest BCUT2D eigenvalue weighted by Gasteiger charge is 2.16. The minimum atomic E-state index is -0.126. The third-order valence-corrected chi connectivity index (χ3v) is 6.52. The summed E-state index contributed by atoms with van der Waals surface area (Å²) in [7, 11) is 0. The first-order chi connectivity index (χ1) is 13.6. The fourth-order valence-electron chi connectivity index (χ4n) is 3.45. The van der Waals surface area contributed by atoms with Crippen molar-refractivity contribution in [3.63, 3.8) is 0 Å². The molecule has 6 nitrogen and oxygen atoms in total. The average Bonchev–Trinajstić information content (AvgIpc) is 3.16. The van der Waals surface area contributed by atoms with Gasteiger partial charge in [-0.15, -0.1) is 11.3 Å². The molecule has 4 rings (SSSR count). The van der Waals surface area contributed by atoms with E-state index in [1.165, 1.54) is 21.3 Å². The van der Waals surface area contributed by atoms with Gasteiger partial charge in [0.15, 0.2) is 0 Å². The Balaban J connectivity index is 1.26. The summed E-state index contributed by atoms with van der Waals surface area (Å²) in [6.45, 7) is 3.78. The molecule has 0 bridgehead atoms. The van der Waals surface area contributed by atoms with Crippen molar-refractivity contribution >= 4 is 44.1 Å². The molecule has 0 atom stereocenters. The van der Waals surface area contributed by atoms with Crippen LogP contribution in [0.2, 0.25) is 0 Å². The average molecular weight is 461 g/mol. The van der Waals surface area contributed by atoms with E-state index in [4.69, 9.17) is 0 Å². The first-order valence-electron chi connectivity index (χ1n) is 9.29. The summed E-state index contributed by atoms with van der Waals surface area (Å²) in [5, 5.41) is 5.66. The lowest BCUT2D eigenvalue weighted by Gasteiger charge is -2.26. The zero-order chi connectivity index (χ0) is 19.5. The number of thiophene rings is 1.